The van der Waals surface area contributed by atoms with E-state index < -0.39 is 0 Å². The molecule has 1 aromatic rings. The van der Waals surface area contributed by atoms with Crippen LogP contribution < -0.4 is 10.7 Å². The maximum Gasteiger partial charge on any atom is 0.186 e. The van der Waals surface area contributed by atoms with E-state index in [1.54, 1.807) is 6.21 Å². The van der Waals surface area contributed by atoms with E-state index in [0.717, 1.165) is 18.5 Å². The molecular formula is C23H37N3S. The molecular weight excluding hydrogens is 350 g/mol. The molecule has 1 aromatic carbocycles. The van der Waals surface area contributed by atoms with Crippen LogP contribution in [0.4, 0.5) is 0 Å². The highest BCUT2D eigenvalue weighted by molar-refractivity contribution is 7.80. The first kappa shape index (κ1) is 23.4. The number of thiocarbonyl (C=S) groups is 1. The number of benzene rings is 1. The Hall–Kier alpha value is -1.68. The van der Waals surface area contributed by atoms with Crippen molar-refractivity contribution in [3.63, 3.8) is 0 Å². The Kier molecular flexibility index (Phi) is 14.3. The minimum Gasteiger partial charge on any atom is -0.361 e. The molecule has 0 amide bonds. The maximum atomic E-state index is 5.25. The number of allylic oxidation sites excluding steroid dienone is 1. The molecule has 0 unspecified atom stereocenters. The monoisotopic (exact) mass is 387 g/mol. The summed E-state index contributed by atoms with van der Waals surface area (Å²) in [5, 5.41) is 8.00. The van der Waals surface area contributed by atoms with E-state index in [0.29, 0.717) is 5.11 Å². The average Bonchev–Trinajstić information content (AvgIpc) is 2.67. The molecule has 3 nitrogen and oxygen atoms in total. The summed E-state index contributed by atoms with van der Waals surface area (Å²) in [6, 6.07) is 10.2. The molecule has 0 fully saturated rings. The van der Waals surface area contributed by atoms with Gasteiger partial charge in [-0.25, -0.2) is 0 Å². The maximum absolute atomic E-state index is 5.25. The summed E-state index contributed by atoms with van der Waals surface area (Å²) in [5.41, 5.74) is 5.13. The second-order valence-corrected chi connectivity index (χ2v) is 7.52. The van der Waals surface area contributed by atoms with Gasteiger partial charge in [-0.05, 0) is 36.7 Å². The normalized spacial score (nSPS) is 11.7. The minimum absolute atomic E-state index is 0.592. The molecule has 0 aliphatic carbocycles. The van der Waals surface area contributed by atoms with Gasteiger partial charge in [0.05, 0.1) is 6.21 Å². The highest BCUT2D eigenvalue weighted by Gasteiger charge is 1.95. The van der Waals surface area contributed by atoms with Crippen molar-refractivity contribution in [1.29, 1.82) is 0 Å². The van der Waals surface area contributed by atoms with Crippen molar-refractivity contribution < 1.29 is 0 Å². The van der Waals surface area contributed by atoms with Crippen molar-refractivity contribution in [3.05, 3.63) is 41.5 Å². The predicted octanol–water partition coefficient (Wildman–Crippen LogP) is 6.46. The fourth-order valence-corrected chi connectivity index (χ4v) is 3.05. The van der Waals surface area contributed by atoms with E-state index in [2.05, 4.69) is 41.0 Å². The molecule has 0 aromatic heterocycles. The van der Waals surface area contributed by atoms with Crippen LogP contribution >= 0.6 is 12.2 Å². The number of rotatable bonds is 14. The molecule has 4 heteroatoms. The fraction of sp³-hybridized carbons (Fsp3) is 0.565. The van der Waals surface area contributed by atoms with Crippen LogP contribution in [0.1, 0.15) is 83.6 Å². The molecule has 1 rings (SSSR count). The second-order valence-electron chi connectivity index (χ2n) is 7.11. The van der Waals surface area contributed by atoms with Crippen LogP contribution in [0.5, 0.6) is 0 Å². The van der Waals surface area contributed by atoms with Gasteiger partial charge >= 0.3 is 0 Å². The summed E-state index contributed by atoms with van der Waals surface area (Å²) in [6.07, 6.45) is 17.4. The SMILES string of the molecule is CCCCCCCCCCCCNC(=S)N/N=C\C(C)=C/c1ccccc1. The Bertz CT molecular complexity index is 552. The Labute approximate surface area is 171 Å². The fourth-order valence-electron chi connectivity index (χ4n) is 2.90. The van der Waals surface area contributed by atoms with Gasteiger partial charge in [0.2, 0.25) is 0 Å². The Morgan fingerprint density at radius 1 is 0.926 bits per heavy atom. The van der Waals surface area contributed by atoms with Crippen LogP contribution in [-0.2, 0) is 0 Å². The van der Waals surface area contributed by atoms with Crippen LogP contribution in [0.25, 0.3) is 6.08 Å². The van der Waals surface area contributed by atoms with Crippen molar-refractivity contribution >= 4 is 29.6 Å². The smallest absolute Gasteiger partial charge is 0.186 e. The van der Waals surface area contributed by atoms with Gasteiger partial charge in [0.1, 0.15) is 0 Å². The van der Waals surface area contributed by atoms with Gasteiger partial charge in [-0.3, -0.25) is 5.43 Å². The van der Waals surface area contributed by atoms with Crippen LogP contribution in [-0.4, -0.2) is 17.9 Å². The van der Waals surface area contributed by atoms with Crippen LogP contribution in [0.15, 0.2) is 41.0 Å². The summed E-state index contributed by atoms with van der Waals surface area (Å²) in [4.78, 5) is 0. The molecule has 27 heavy (non-hydrogen) atoms. The van der Waals surface area contributed by atoms with E-state index in [1.165, 1.54) is 63.4 Å². The van der Waals surface area contributed by atoms with Gasteiger partial charge in [-0.2, -0.15) is 5.10 Å². The lowest BCUT2D eigenvalue weighted by Crippen LogP contribution is -2.32. The number of nitrogens with one attached hydrogen (secondary N) is 2. The summed E-state index contributed by atoms with van der Waals surface area (Å²) in [7, 11) is 0. The zero-order valence-corrected chi connectivity index (χ0v) is 18.0. The Balaban J connectivity index is 1.99. The van der Waals surface area contributed by atoms with E-state index >= 15 is 0 Å². The number of unbranched alkanes of at least 4 members (excludes halogenated alkanes) is 9. The molecule has 0 heterocycles. The third-order valence-corrected chi connectivity index (χ3v) is 4.68. The standard InChI is InChI=1S/C23H37N3S/c1-3-4-5-6-7-8-9-10-11-15-18-24-23(27)26-25-20-21(2)19-22-16-13-12-14-17-22/h12-14,16-17,19-20H,3-11,15,18H2,1-2H3,(H2,24,26,27)/b21-19-,25-20-. The van der Waals surface area contributed by atoms with Crippen molar-refractivity contribution in [2.75, 3.05) is 6.54 Å². The lowest BCUT2D eigenvalue weighted by molar-refractivity contribution is 0.554. The lowest BCUT2D eigenvalue weighted by Gasteiger charge is -2.07. The third-order valence-electron chi connectivity index (χ3n) is 4.44. The largest absolute Gasteiger partial charge is 0.361 e. The lowest BCUT2D eigenvalue weighted by atomic mass is 10.1. The number of hydrazone groups is 1. The van der Waals surface area contributed by atoms with Crippen LogP contribution in [0.3, 0.4) is 0 Å². The molecule has 0 aliphatic heterocycles. The molecule has 150 valence electrons. The first-order chi connectivity index (χ1) is 13.2. The van der Waals surface area contributed by atoms with E-state index in [4.69, 9.17) is 12.2 Å². The Morgan fingerprint density at radius 3 is 2.15 bits per heavy atom. The highest BCUT2D eigenvalue weighted by atomic mass is 32.1. The van der Waals surface area contributed by atoms with Gasteiger partial charge in [0, 0.05) is 6.54 Å². The van der Waals surface area contributed by atoms with Crippen molar-refractivity contribution in [2.45, 2.75) is 78.1 Å². The Morgan fingerprint density at radius 2 is 1.52 bits per heavy atom. The van der Waals surface area contributed by atoms with Gasteiger partial charge < -0.3 is 5.32 Å². The minimum atomic E-state index is 0.592. The van der Waals surface area contributed by atoms with Gasteiger partial charge in [-0.1, -0.05) is 101 Å². The zero-order valence-electron chi connectivity index (χ0n) is 17.2. The van der Waals surface area contributed by atoms with Gasteiger partial charge in [0.25, 0.3) is 0 Å². The quantitative estimate of drug-likeness (QED) is 0.166. The summed E-state index contributed by atoms with van der Waals surface area (Å²) >= 11 is 5.25. The molecule has 0 spiro atoms. The molecule has 0 bridgehead atoms. The zero-order chi connectivity index (χ0) is 19.6. The number of hydrogen-bond donors (Lipinski definition) is 2. The average molecular weight is 388 g/mol. The molecule has 0 aliphatic rings. The third kappa shape index (κ3) is 14.1. The molecule has 0 saturated heterocycles. The van der Waals surface area contributed by atoms with E-state index in [9.17, 15) is 0 Å². The second kappa shape index (κ2) is 16.5. The van der Waals surface area contributed by atoms with E-state index in [-0.39, 0.29) is 0 Å². The topological polar surface area (TPSA) is 36.4 Å². The van der Waals surface area contributed by atoms with Crippen molar-refractivity contribution in [3.8, 4) is 0 Å². The summed E-state index contributed by atoms with van der Waals surface area (Å²) < 4.78 is 0. The molecule has 0 radical (unpaired) electrons. The van der Waals surface area contributed by atoms with Gasteiger partial charge in [-0.15, -0.1) is 0 Å². The molecule has 0 saturated carbocycles. The highest BCUT2D eigenvalue weighted by Crippen LogP contribution is 2.10. The van der Waals surface area contributed by atoms with Crippen molar-refractivity contribution in [2.24, 2.45) is 5.10 Å². The van der Waals surface area contributed by atoms with Crippen LogP contribution in [0, 0.1) is 0 Å². The first-order valence-electron chi connectivity index (χ1n) is 10.5. The number of nitrogens with zero attached hydrogens (tertiary/aromatic N) is 1. The first-order valence-corrected chi connectivity index (χ1v) is 10.9. The van der Waals surface area contributed by atoms with Crippen molar-refractivity contribution in [1.82, 2.24) is 10.7 Å². The summed E-state index contributed by atoms with van der Waals surface area (Å²) in [6.45, 7) is 5.21. The predicted molar refractivity (Wildman–Crippen MR) is 124 cm³/mol. The van der Waals surface area contributed by atoms with Crippen LogP contribution in [0.2, 0.25) is 0 Å². The van der Waals surface area contributed by atoms with E-state index in [1.807, 2.05) is 25.1 Å². The molecule has 2 N–H and O–H groups in total. The van der Waals surface area contributed by atoms with Gasteiger partial charge in [0.15, 0.2) is 5.11 Å². The number of hydrogen-bond acceptors (Lipinski definition) is 2. The molecule has 0 atom stereocenters. The summed E-state index contributed by atoms with van der Waals surface area (Å²) in [5.74, 6) is 0.